The predicted octanol–water partition coefficient (Wildman–Crippen LogP) is 1.83. The van der Waals surface area contributed by atoms with Crippen molar-refractivity contribution in [1.82, 2.24) is 4.57 Å². The smallest absolute Gasteiger partial charge is 0.296 e. The van der Waals surface area contributed by atoms with Crippen molar-refractivity contribution >= 4 is 37.3 Å². The van der Waals surface area contributed by atoms with Gasteiger partial charge in [0.2, 0.25) is 5.88 Å². The van der Waals surface area contributed by atoms with E-state index in [-0.39, 0.29) is 23.5 Å². The van der Waals surface area contributed by atoms with E-state index in [0.29, 0.717) is 6.07 Å². The molecule has 14 heteroatoms. The molecule has 2 rings (SSSR count). The number of benzene rings is 1. The van der Waals surface area contributed by atoms with Gasteiger partial charge in [0, 0.05) is 19.7 Å². The van der Waals surface area contributed by atoms with Crippen LogP contribution in [-0.4, -0.2) is 42.7 Å². The number of azo groups is 1. The van der Waals surface area contributed by atoms with Gasteiger partial charge in [0.1, 0.15) is 21.2 Å². The summed E-state index contributed by atoms with van der Waals surface area (Å²) in [5.74, 6) is -0.531. The Morgan fingerprint density at radius 3 is 2.10 bits per heavy atom. The molecule has 0 saturated carbocycles. The minimum absolute atomic E-state index is 0.119. The Morgan fingerprint density at radius 2 is 1.62 bits per heavy atom. The van der Waals surface area contributed by atoms with Gasteiger partial charge in [0.05, 0.1) is 5.69 Å². The third kappa shape index (κ3) is 4.61. The summed E-state index contributed by atoms with van der Waals surface area (Å²) in [6, 6.07) is 2.62. The number of aromatic hydroxyl groups is 1. The first-order valence-corrected chi connectivity index (χ1v) is 10.8. The molecule has 2 aromatic rings. The van der Waals surface area contributed by atoms with E-state index >= 15 is 0 Å². The van der Waals surface area contributed by atoms with Gasteiger partial charge in [-0.3, -0.25) is 18.5 Å². The lowest BCUT2D eigenvalue weighted by Crippen LogP contribution is -2.18. The fourth-order valence-corrected chi connectivity index (χ4v) is 3.85. The maximum absolute atomic E-state index is 11.8. The predicted molar refractivity (Wildman–Crippen MR) is 103 cm³/mol. The monoisotopic (exact) mass is 446 g/mol. The Balaban J connectivity index is 2.80. The number of anilines is 1. The number of hydrogen-bond acceptors (Lipinski definition) is 9. The second kappa shape index (κ2) is 7.90. The van der Waals surface area contributed by atoms with Gasteiger partial charge >= 0.3 is 0 Å². The zero-order valence-electron chi connectivity index (χ0n) is 15.5. The van der Waals surface area contributed by atoms with Crippen LogP contribution in [0.2, 0.25) is 0 Å². The van der Waals surface area contributed by atoms with Crippen molar-refractivity contribution in [2.45, 2.75) is 30.2 Å². The minimum atomic E-state index is -4.86. The number of rotatable bonds is 6. The second-order valence-electron chi connectivity index (χ2n) is 5.80. The summed E-state index contributed by atoms with van der Waals surface area (Å²) in [6.45, 7) is 3.17. The zero-order chi connectivity index (χ0) is 22.1. The molecule has 0 fully saturated rings. The van der Waals surface area contributed by atoms with Gasteiger partial charge in [0.25, 0.3) is 25.8 Å². The minimum Gasteiger partial charge on any atom is -0.493 e. The van der Waals surface area contributed by atoms with E-state index in [1.165, 1.54) is 20.0 Å². The van der Waals surface area contributed by atoms with Gasteiger partial charge in [0.15, 0.2) is 0 Å². The van der Waals surface area contributed by atoms with Crippen LogP contribution < -0.4 is 10.9 Å². The van der Waals surface area contributed by atoms with Crippen molar-refractivity contribution in [2.75, 3.05) is 12.4 Å². The third-order valence-electron chi connectivity index (χ3n) is 3.91. The van der Waals surface area contributed by atoms with Crippen molar-refractivity contribution in [1.29, 1.82) is 0 Å². The van der Waals surface area contributed by atoms with Crippen LogP contribution in [0.1, 0.15) is 12.5 Å². The summed E-state index contributed by atoms with van der Waals surface area (Å²) >= 11 is 0. The lowest BCUT2D eigenvalue weighted by atomic mass is 10.2. The molecule has 0 aliphatic rings. The summed E-state index contributed by atoms with van der Waals surface area (Å²) in [5.41, 5.74) is -1.37. The topological polar surface area (TPSA) is 188 Å². The standard InChI is InChI=1S/C15H18N4O8S2/c1-4-19-13(20)5-8(2)14(15(19)21)18-17-10-7-11(28(22,23)24)9(16-3)6-12(10)29(25,26)27/h5-7,16,21H,4H2,1-3H3,(H,22,23,24)(H,25,26,27). The van der Waals surface area contributed by atoms with Crippen LogP contribution in [0.5, 0.6) is 5.88 Å². The maximum Gasteiger partial charge on any atom is 0.296 e. The molecule has 1 heterocycles. The summed E-state index contributed by atoms with van der Waals surface area (Å²) < 4.78 is 66.3. The summed E-state index contributed by atoms with van der Waals surface area (Å²) in [7, 11) is -8.37. The zero-order valence-corrected chi connectivity index (χ0v) is 17.1. The van der Waals surface area contributed by atoms with E-state index in [4.69, 9.17) is 0 Å². The Morgan fingerprint density at radius 1 is 1.03 bits per heavy atom. The molecule has 0 aliphatic heterocycles. The molecular formula is C15H18N4O8S2. The molecule has 0 radical (unpaired) electrons. The van der Waals surface area contributed by atoms with Crippen LogP contribution in [-0.2, 0) is 26.8 Å². The van der Waals surface area contributed by atoms with Crippen molar-refractivity contribution < 1.29 is 31.0 Å². The first kappa shape index (κ1) is 22.5. The molecule has 4 N–H and O–H groups in total. The van der Waals surface area contributed by atoms with Gasteiger partial charge in [-0.1, -0.05) is 0 Å². The highest BCUT2D eigenvalue weighted by Gasteiger charge is 2.24. The summed E-state index contributed by atoms with van der Waals surface area (Å²) in [5, 5.41) is 20.0. The molecule has 12 nitrogen and oxygen atoms in total. The first-order chi connectivity index (χ1) is 13.3. The number of aromatic nitrogens is 1. The van der Waals surface area contributed by atoms with Crippen LogP contribution in [0.4, 0.5) is 17.1 Å². The molecule has 29 heavy (non-hydrogen) atoms. The Kier molecular flexibility index (Phi) is 6.13. The third-order valence-corrected chi connectivity index (χ3v) is 5.68. The normalized spacial score (nSPS) is 12.4. The Hall–Kier alpha value is -2.81. The quantitative estimate of drug-likeness (QED) is 0.379. The van der Waals surface area contributed by atoms with Crippen LogP contribution in [0, 0.1) is 6.92 Å². The van der Waals surface area contributed by atoms with Crippen LogP contribution in [0.15, 0.2) is 43.0 Å². The number of hydrogen-bond donors (Lipinski definition) is 4. The average Bonchev–Trinajstić information content (AvgIpc) is 2.59. The van der Waals surface area contributed by atoms with Crippen molar-refractivity contribution in [2.24, 2.45) is 10.2 Å². The second-order valence-corrected chi connectivity index (χ2v) is 8.58. The van der Waals surface area contributed by atoms with Crippen LogP contribution in [0.3, 0.4) is 0 Å². The number of aryl methyl sites for hydroxylation is 1. The Bertz CT molecular complexity index is 1260. The van der Waals surface area contributed by atoms with E-state index in [0.717, 1.165) is 10.6 Å². The van der Waals surface area contributed by atoms with Gasteiger partial charge in [-0.05, 0) is 31.5 Å². The molecule has 0 saturated heterocycles. The fourth-order valence-electron chi connectivity index (χ4n) is 2.52. The van der Waals surface area contributed by atoms with Gasteiger partial charge < -0.3 is 10.4 Å². The Labute approximate surface area is 166 Å². The van der Waals surface area contributed by atoms with Crippen LogP contribution >= 0.6 is 0 Å². The molecule has 0 amide bonds. The number of pyridine rings is 1. The highest BCUT2D eigenvalue weighted by molar-refractivity contribution is 7.86. The summed E-state index contributed by atoms with van der Waals surface area (Å²) in [4.78, 5) is 10.3. The molecule has 1 aromatic carbocycles. The first-order valence-electron chi connectivity index (χ1n) is 7.97. The highest BCUT2D eigenvalue weighted by atomic mass is 32.2. The summed E-state index contributed by atoms with van der Waals surface area (Å²) in [6.07, 6.45) is 0. The van der Waals surface area contributed by atoms with E-state index in [1.807, 2.05) is 0 Å². The van der Waals surface area contributed by atoms with Gasteiger partial charge in [-0.15, -0.1) is 10.2 Å². The van der Waals surface area contributed by atoms with E-state index < -0.39 is 47.2 Å². The SMILES string of the molecule is CCn1c(O)c(N=Nc2cc(S(=O)(=O)O)c(NC)cc2S(=O)(=O)O)c(C)cc1=O. The molecule has 1 aromatic heterocycles. The lowest BCUT2D eigenvalue weighted by Gasteiger charge is -2.11. The van der Waals surface area contributed by atoms with Gasteiger partial charge in [-0.25, -0.2) is 0 Å². The number of nitrogens with zero attached hydrogens (tertiary/aromatic N) is 3. The van der Waals surface area contributed by atoms with E-state index in [9.17, 15) is 35.8 Å². The molecular weight excluding hydrogens is 428 g/mol. The largest absolute Gasteiger partial charge is 0.493 e. The van der Waals surface area contributed by atoms with Gasteiger partial charge in [-0.2, -0.15) is 16.8 Å². The molecule has 0 bridgehead atoms. The highest BCUT2D eigenvalue weighted by Crippen LogP contribution is 2.36. The van der Waals surface area contributed by atoms with E-state index in [1.54, 1.807) is 6.92 Å². The van der Waals surface area contributed by atoms with Crippen molar-refractivity contribution in [3.8, 4) is 5.88 Å². The van der Waals surface area contributed by atoms with Crippen molar-refractivity contribution in [3.05, 3.63) is 34.1 Å². The molecule has 0 aliphatic carbocycles. The molecule has 0 atom stereocenters. The van der Waals surface area contributed by atoms with Crippen LogP contribution in [0.25, 0.3) is 0 Å². The average molecular weight is 446 g/mol. The maximum atomic E-state index is 11.8. The van der Waals surface area contributed by atoms with E-state index in [2.05, 4.69) is 15.5 Å². The number of nitrogens with one attached hydrogen (secondary N) is 1. The molecule has 0 unspecified atom stereocenters. The lowest BCUT2D eigenvalue weighted by molar-refractivity contribution is 0.412. The molecule has 158 valence electrons. The fraction of sp³-hybridized carbons (Fsp3) is 0.267. The van der Waals surface area contributed by atoms with Crippen molar-refractivity contribution in [3.63, 3.8) is 0 Å². The molecule has 0 spiro atoms.